The van der Waals surface area contributed by atoms with Crippen LogP contribution < -0.4 is 5.32 Å². The molecule has 2 atom stereocenters. The van der Waals surface area contributed by atoms with Gasteiger partial charge in [0.15, 0.2) is 5.11 Å². The molecule has 1 fully saturated rings. The lowest BCUT2D eigenvalue weighted by Crippen LogP contribution is -2.32. The van der Waals surface area contributed by atoms with Crippen molar-refractivity contribution in [1.29, 1.82) is 0 Å². The first-order valence-corrected chi connectivity index (χ1v) is 11.8. The molecule has 168 valence electrons. The fourth-order valence-electron chi connectivity index (χ4n) is 4.72. The zero-order valence-corrected chi connectivity index (χ0v) is 19.9. The van der Waals surface area contributed by atoms with Gasteiger partial charge in [-0.2, -0.15) is 0 Å². The summed E-state index contributed by atoms with van der Waals surface area (Å²) in [5.74, 6) is 0. The molecule has 3 heterocycles. The molecule has 2 aromatic carbocycles. The second-order valence-corrected chi connectivity index (χ2v) is 9.20. The summed E-state index contributed by atoms with van der Waals surface area (Å²) in [4.78, 5) is 9.23. The SMILES string of the molecule is CN(C)CCCN1C(=S)N[C@@H](c2ccccn2)[C@@H]1c1cccn1-c1ccc2ccccc2c1. The minimum atomic E-state index is -0.00726. The first-order valence-electron chi connectivity index (χ1n) is 11.4. The Hall–Kier alpha value is -3.22. The van der Waals surface area contributed by atoms with Crippen molar-refractivity contribution in [2.75, 3.05) is 27.2 Å². The molecular weight excluding hydrogens is 426 g/mol. The molecule has 0 spiro atoms. The first kappa shape index (κ1) is 21.6. The summed E-state index contributed by atoms with van der Waals surface area (Å²) in [6.07, 6.45) is 5.04. The zero-order chi connectivity index (χ0) is 22.8. The molecule has 0 bridgehead atoms. The number of hydrogen-bond donors (Lipinski definition) is 1. The highest BCUT2D eigenvalue weighted by molar-refractivity contribution is 7.80. The lowest BCUT2D eigenvalue weighted by Gasteiger charge is -2.29. The molecular formula is C27H29N5S. The van der Waals surface area contributed by atoms with E-state index < -0.39 is 0 Å². The molecule has 6 heteroatoms. The second kappa shape index (κ2) is 9.33. The van der Waals surface area contributed by atoms with E-state index in [1.807, 2.05) is 18.3 Å². The number of thiocarbonyl (C=S) groups is 1. The molecule has 1 saturated heterocycles. The fourth-order valence-corrected chi connectivity index (χ4v) is 5.05. The van der Waals surface area contributed by atoms with E-state index in [0.29, 0.717) is 0 Å². The third-order valence-electron chi connectivity index (χ3n) is 6.30. The van der Waals surface area contributed by atoms with E-state index in [9.17, 15) is 0 Å². The van der Waals surface area contributed by atoms with Crippen LogP contribution in [0.2, 0.25) is 0 Å². The van der Waals surface area contributed by atoms with E-state index in [1.54, 1.807) is 0 Å². The molecule has 33 heavy (non-hydrogen) atoms. The van der Waals surface area contributed by atoms with Crippen molar-refractivity contribution in [2.45, 2.75) is 18.5 Å². The van der Waals surface area contributed by atoms with Crippen molar-refractivity contribution in [3.8, 4) is 5.69 Å². The maximum Gasteiger partial charge on any atom is 0.170 e. The molecule has 5 nitrogen and oxygen atoms in total. The van der Waals surface area contributed by atoms with Crippen LogP contribution in [-0.2, 0) is 0 Å². The van der Waals surface area contributed by atoms with Crippen LogP contribution in [0, 0.1) is 0 Å². The molecule has 1 aliphatic rings. The third-order valence-corrected chi connectivity index (χ3v) is 6.65. The molecule has 4 aromatic rings. The van der Waals surface area contributed by atoms with Crippen molar-refractivity contribution < 1.29 is 0 Å². The standard InChI is InChI=1S/C27H29N5S/c1-30(2)16-8-18-32-26(25(29-27(32)33)23-11-5-6-15-28-23)24-12-7-17-31(24)22-14-13-20-9-3-4-10-21(20)19-22/h3-7,9-15,17,19,25-26H,8,16,18H2,1-2H3,(H,29,33)/t25-,26-/m0/s1. The minimum Gasteiger partial charge on any atom is -0.352 e. The number of aromatic nitrogens is 2. The highest BCUT2D eigenvalue weighted by Gasteiger charge is 2.40. The summed E-state index contributed by atoms with van der Waals surface area (Å²) in [5, 5.41) is 6.85. The molecule has 1 N–H and O–H groups in total. The monoisotopic (exact) mass is 455 g/mol. The normalized spacial score (nSPS) is 18.3. The highest BCUT2D eigenvalue weighted by atomic mass is 32.1. The Morgan fingerprint density at radius 3 is 2.58 bits per heavy atom. The summed E-state index contributed by atoms with van der Waals surface area (Å²) >= 11 is 5.83. The van der Waals surface area contributed by atoms with Crippen LogP contribution in [-0.4, -0.2) is 51.6 Å². The van der Waals surface area contributed by atoms with E-state index in [2.05, 4.69) is 106 Å². The Bertz CT molecular complexity index is 1250. The molecule has 0 radical (unpaired) electrons. The predicted octanol–water partition coefficient (Wildman–Crippen LogP) is 4.95. The van der Waals surface area contributed by atoms with E-state index in [4.69, 9.17) is 12.2 Å². The molecule has 2 aromatic heterocycles. The fraction of sp³-hybridized carbons (Fsp3) is 0.259. The van der Waals surface area contributed by atoms with E-state index in [0.717, 1.165) is 36.0 Å². The van der Waals surface area contributed by atoms with Gasteiger partial charge in [0.1, 0.15) is 0 Å². The number of nitrogens with zero attached hydrogens (tertiary/aromatic N) is 4. The van der Waals surface area contributed by atoms with Gasteiger partial charge in [0.05, 0.1) is 17.8 Å². The van der Waals surface area contributed by atoms with Crippen molar-refractivity contribution in [1.82, 2.24) is 24.7 Å². The number of rotatable bonds is 7. The average molecular weight is 456 g/mol. The predicted molar refractivity (Wildman–Crippen MR) is 139 cm³/mol. The number of benzene rings is 2. The van der Waals surface area contributed by atoms with Gasteiger partial charge in [-0.25, -0.2) is 0 Å². The number of pyridine rings is 1. The van der Waals surface area contributed by atoms with E-state index in [-0.39, 0.29) is 12.1 Å². The lowest BCUT2D eigenvalue weighted by molar-refractivity contribution is 0.286. The molecule has 5 rings (SSSR count). The zero-order valence-electron chi connectivity index (χ0n) is 19.1. The van der Waals surface area contributed by atoms with Gasteiger partial charge >= 0.3 is 0 Å². The Morgan fingerprint density at radius 2 is 1.79 bits per heavy atom. The summed E-state index contributed by atoms with van der Waals surface area (Å²) < 4.78 is 2.29. The van der Waals surface area contributed by atoms with E-state index in [1.165, 1.54) is 16.5 Å². The molecule has 0 aliphatic carbocycles. The number of nitrogens with one attached hydrogen (secondary N) is 1. The van der Waals surface area contributed by atoms with Gasteiger partial charge in [-0.1, -0.05) is 36.4 Å². The van der Waals surface area contributed by atoms with Gasteiger partial charge in [0.2, 0.25) is 0 Å². The van der Waals surface area contributed by atoms with Crippen molar-refractivity contribution in [3.05, 3.63) is 96.6 Å². The second-order valence-electron chi connectivity index (χ2n) is 8.81. The van der Waals surface area contributed by atoms with Crippen molar-refractivity contribution in [3.63, 3.8) is 0 Å². The Kier molecular flexibility index (Phi) is 6.11. The molecule has 0 unspecified atom stereocenters. The van der Waals surface area contributed by atoms with Crippen LogP contribution in [0.25, 0.3) is 16.5 Å². The van der Waals surface area contributed by atoms with Crippen LogP contribution >= 0.6 is 12.2 Å². The molecule has 0 saturated carbocycles. The van der Waals surface area contributed by atoms with Gasteiger partial charge in [0.25, 0.3) is 0 Å². The van der Waals surface area contributed by atoms with Crippen LogP contribution in [0.3, 0.4) is 0 Å². The van der Waals surface area contributed by atoms with Crippen LogP contribution in [0.5, 0.6) is 0 Å². The Balaban J connectivity index is 1.56. The Labute approximate surface area is 200 Å². The third kappa shape index (κ3) is 4.36. The molecule has 0 amide bonds. The molecule has 1 aliphatic heterocycles. The maximum absolute atomic E-state index is 5.83. The van der Waals surface area contributed by atoms with Gasteiger partial charge in [-0.15, -0.1) is 0 Å². The summed E-state index contributed by atoms with van der Waals surface area (Å²) in [5.41, 5.74) is 3.36. The maximum atomic E-state index is 5.83. The smallest absolute Gasteiger partial charge is 0.170 e. The van der Waals surface area contributed by atoms with Gasteiger partial charge in [-0.3, -0.25) is 4.98 Å². The Morgan fingerprint density at radius 1 is 0.970 bits per heavy atom. The topological polar surface area (TPSA) is 36.3 Å². The van der Waals surface area contributed by atoms with Crippen LogP contribution in [0.4, 0.5) is 0 Å². The van der Waals surface area contributed by atoms with Gasteiger partial charge in [-0.05, 0) is 86.4 Å². The van der Waals surface area contributed by atoms with Crippen LogP contribution in [0.1, 0.15) is 29.9 Å². The van der Waals surface area contributed by atoms with E-state index >= 15 is 0 Å². The van der Waals surface area contributed by atoms with Gasteiger partial charge < -0.3 is 19.7 Å². The quantitative estimate of drug-likeness (QED) is 0.399. The minimum absolute atomic E-state index is 0.00726. The average Bonchev–Trinajstić information content (AvgIpc) is 3.44. The number of hydrogen-bond acceptors (Lipinski definition) is 3. The lowest BCUT2D eigenvalue weighted by atomic mass is 10.0. The van der Waals surface area contributed by atoms with Gasteiger partial charge in [0, 0.05) is 30.3 Å². The first-order chi connectivity index (χ1) is 16.1. The summed E-state index contributed by atoms with van der Waals surface area (Å²) in [6.45, 7) is 1.91. The van der Waals surface area contributed by atoms with Crippen LogP contribution in [0.15, 0.2) is 85.2 Å². The summed E-state index contributed by atoms with van der Waals surface area (Å²) in [7, 11) is 4.22. The largest absolute Gasteiger partial charge is 0.352 e. The van der Waals surface area contributed by atoms with Crippen molar-refractivity contribution in [2.24, 2.45) is 0 Å². The van der Waals surface area contributed by atoms with Crippen molar-refractivity contribution >= 4 is 28.1 Å². The summed E-state index contributed by atoms with van der Waals surface area (Å²) in [6, 6.07) is 25.6. The highest BCUT2D eigenvalue weighted by Crippen LogP contribution is 2.39. The number of fused-ring (bicyclic) bond motifs is 1.